The van der Waals surface area contributed by atoms with Crippen molar-refractivity contribution < 1.29 is 4.79 Å². The summed E-state index contributed by atoms with van der Waals surface area (Å²) in [7, 11) is 0. The van der Waals surface area contributed by atoms with Crippen LogP contribution in [0.1, 0.15) is 30.9 Å². The molecule has 2 aromatic heterocycles. The zero-order chi connectivity index (χ0) is 13.9. The molecule has 0 atom stereocenters. The first-order valence-corrected chi connectivity index (χ1v) is 6.57. The number of amides is 1. The Bertz CT molecular complexity index is 671. The summed E-state index contributed by atoms with van der Waals surface area (Å²) >= 11 is 0. The maximum Gasteiger partial charge on any atom is 0.253 e. The smallest absolute Gasteiger partial charge is 0.253 e. The van der Waals surface area contributed by atoms with Crippen molar-refractivity contribution in [3.63, 3.8) is 0 Å². The van der Waals surface area contributed by atoms with E-state index >= 15 is 0 Å². The van der Waals surface area contributed by atoms with Crippen molar-refractivity contribution >= 4 is 11.9 Å². The first-order chi connectivity index (χ1) is 9.72. The van der Waals surface area contributed by atoms with Gasteiger partial charge < -0.3 is 4.98 Å². The largest absolute Gasteiger partial charge is 0.328 e. The Labute approximate surface area is 115 Å². The third-order valence-corrected chi connectivity index (χ3v) is 3.24. The number of aromatic amines is 1. The van der Waals surface area contributed by atoms with Gasteiger partial charge in [-0.15, -0.1) is 0 Å². The average Bonchev–Trinajstić information content (AvgIpc) is 3.19. The fourth-order valence-electron chi connectivity index (χ4n) is 1.96. The van der Waals surface area contributed by atoms with Crippen LogP contribution in [0.5, 0.6) is 0 Å². The number of imidazole rings is 1. The highest BCUT2D eigenvalue weighted by molar-refractivity contribution is 5.88. The molecule has 1 fully saturated rings. The highest BCUT2D eigenvalue weighted by Crippen LogP contribution is 2.39. The summed E-state index contributed by atoms with van der Waals surface area (Å²) in [6.07, 6.45) is 7.18. The van der Waals surface area contributed by atoms with Crippen LogP contribution in [0.15, 0.2) is 29.6 Å². The van der Waals surface area contributed by atoms with Crippen LogP contribution in [0.3, 0.4) is 0 Å². The van der Waals surface area contributed by atoms with Gasteiger partial charge in [0.05, 0.1) is 12.5 Å². The fraction of sp³-hybridized carbons (Fsp3) is 0.385. The fourth-order valence-corrected chi connectivity index (χ4v) is 1.96. The molecule has 104 valence electrons. The van der Waals surface area contributed by atoms with Gasteiger partial charge in [0.25, 0.3) is 5.56 Å². The van der Waals surface area contributed by atoms with Crippen LogP contribution in [0.25, 0.3) is 0 Å². The van der Waals surface area contributed by atoms with Gasteiger partial charge in [-0.05, 0) is 12.8 Å². The summed E-state index contributed by atoms with van der Waals surface area (Å²) in [6, 6.07) is 1.37. The van der Waals surface area contributed by atoms with E-state index in [1.807, 2.05) is 0 Å². The van der Waals surface area contributed by atoms with E-state index in [2.05, 4.69) is 20.3 Å². The van der Waals surface area contributed by atoms with Gasteiger partial charge in [-0.1, -0.05) is 0 Å². The zero-order valence-electron chi connectivity index (χ0n) is 10.9. The minimum absolute atomic E-state index is 0.165. The van der Waals surface area contributed by atoms with Gasteiger partial charge in [-0.3, -0.25) is 19.5 Å². The van der Waals surface area contributed by atoms with Crippen LogP contribution in [-0.2, 0) is 11.3 Å². The van der Waals surface area contributed by atoms with Gasteiger partial charge >= 0.3 is 0 Å². The number of carbonyl (C=O) groups excluding carboxylic acids is 1. The molecule has 3 rings (SSSR count). The van der Waals surface area contributed by atoms with Crippen LogP contribution in [-0.4, -0.2) is 25.4 Å². The van der Waals surface area contributed by atoms with Gasteiger partial charge in [0.2, 0.25) is 11.9 Å². The summed E-state index contributed by atoms with van der Waals surface area (Å²) < 4.78 is 1.40. The molecule has 0 spiro atoms. The first kappa shape index (κ1) is 12.6. The Morgan fingerprint density at radius 2 is 2.35 bits per heavy atom. The predicted molar refractivity (Wildman–Crippen MR) is 72.3 cm³/mol. The number of nitrogens with zero attached hydrogens (tertiary/aromatic N) is 3. The highest BCUT2D eigenvalue weighted by Gasteiger charge is 2.25. The van der Waals surface area contributed by atoms with Crippen LogP contribution in [0.2, 0.25) is 0 Å². The quantitative estimate of drug-likeness (QED) is 0.845. The molecular formula is C13H15N5O2. The van der Waals surface area contributed by atoms with Crippen LogP contribution in [0, 0.1) is 0 Å². The summed E-state index contributed by atoms with van der Waals surface area (Å²) in [5.74, 6) is 0.856. The van der Waals surface area contributed by atoms with Crippen molar-refractivity contribution in [2.45, 2.75) is 31.7 Å². The molecule has 2 N–H and O–H groups in total. The molecular weight excluding hydrogens is 258 g/mol. The molecule has 0 radical (unpaired) electrons. The van der Waals surface area contributed by atoms with Gasteiger partial charge in [-0.2, -0.15) is 0 Å². The number of aromatic nitrogens is 4. The Hall–Kier alpha value is -2.44. The maximum atomic E-state index is 11.8. The number of aryl methyl sites for hydroxylation is 1. The van der Waals surface area contributed by atoms with E-state index in [1.54, 1.807) is 6.20 Å². The first-order valence-electron chi connectivity index (χ1n) is 6.57. The summed E-state index contributed by atoms with van der Waals surface area (Å²) in [4.78, 5) is 34.3. The minimum atomic E-state index is -0.183. The molecule has 0 bridgehead atoms. The molecule has 1 saturated carbocycles. The van der Waals surface area contributed by atoms with Crippen LogP contribution >= 0.6 is 0 Å². The second-order valence-electron chi connectivity index (χ2n) is 4.87. The van der Waals surface area contributed by atoms with E-state index in [0.717, 1.165) is 5.69 Å². The van der Waals surface area contributed by atoms with Crippen molar-refractivity contribution in [1.82, 2.24) is 19.5 Å². The van der Waals surface area contributed by atoms with E-state index in [1.165, 1.54) is 36.0 Å². The second-order valence-corrected chi connectivity index (χ2v) is 4.87. The molecule has 0 saturated heterocycles. The van der Waals surface area contributed by atoms with Crippen molar-refractivity contribution in [3.05, 3.63) is 40.8 Å². The lowest BCUT2D eigenvalue weighted by Crippen LogP contribution is -2.22. The third-order valence-electron chi connectivity index (χ3n) is 3.24. The molecule has 0 aliphatic heterocycles. The topological polar surface area (TPSA) is 92.7 Å². The Balaban J connectivity index is 1.54. The van der Waals surface area contributed by atoms with Crippen LogP contribution < -0.4 is 10.9 Å². The molecule has 2 heterocycles. The third kappa shape index (κ3) is 2.93. The van der Waals surface area contributed by atoms with E-state index in [9.17, 15) is 9.59 Å². The lowest BCUT2D eigenvalue weighted by Gasteiger charge is -2.04. The molecule has 7 nitrogen and oxygen atoms in total. The van der Waals surface area contributed by atoms with Crippen molar-refractivity contribution in [3.8, 4) is 0 Å². The molecule has 7 heteroatoms. The number of hydrogen-bond acceptors (Lipinski definition) is 4. The van der Waals surface area contributed by atoms with E-state index in [4.69, 9.17) is 0 Å². The molecule has 0 aromatic carbocycles. The molecule has 1 aliphatic rings. The second kappa shape index (κ2) is 5.28. The van der Waals surface area contributed by atoms with E-state index in [0.29, 0.717) is 18.4 Å². The Morgan fingerprint density at radius 3 is 3.10 bits per heavy atom. The number of hydrogen-bond donors (Lipinski definition) is 2. The summed E-state index contributed by atoms with van der Waals surface area (Å²) in [5.41, 5.74) is 0.908. The van der Waals surface area contributed by atoms with Gasteiger partial charge in [0.15, 0.2) is 0 Å². The summed E-state index contributed by atoms with van der Waals surface area (Å²) in [6.45, 7) is 0.300. The van der Waals surface area contributed by atoms with Crippen LogP contribution in [0.4, 0.5) is 5.95 Å². The van der Waals surface area contributed by atoms with Crippen molar-refractivity contribution in [1.29, 1.82) is 0 Å². The molecule has 0 unspecified atom stereocenters. The number of anilines is 1. The standard InChI is InChI=1S/C13H15N5O2/c19-11(4-6-18-8-14-5-3-12(18)20)17-13-15-7-10(16-13)9-1-2-9/h3,5,7-9H,1-2,4,6H2,(H2,15,16,17,19). The Morgan fingerprint density at radius 1 is 1.50 bits per heavy atom. The van der Waals surface area contributed by atoms with Gasteiger partial charge in [-0.25, -0.2) is 9.97 Å². The van der Waals surface area contributed by atoms with Crippen molar-refractivity contribution in [2.24, 2.45) is 0 Å². The normalized spacial score (nSPS) is 14.2. The Kier molecular flexibility index (Phi) is 3.32. The lowest BCUT2D eigenvalue weighted by atomic mass is 10.3. The zero-order valence-corrected chi connectivity index (χ0v) is 10.9. The van der Waals surface area contributed by atoms with E-state index < -0.39 is 0 Å². The highest BCUT2D eigenvalue weighted by atomic mass is 16.2. The van der Waals surface area contributed by atoms with Gasteiger partial charge in [0, 0.05) is 36.8 Å². The van der Waals surface area contributed by atoms with Gasteiger partial charge in [0.1, 0.15) is 0 Å². The molecule has 20 heavy (non-hydrogen) atoms. The minimum Gasteiger partial charge on any atom is -0.328 e. The van der Waals surface area contributed by atoms with E-state index in [-0.39, 0.29) is 17.9 Å². The molecule has 1 amide bonds. The lowest BCUT2D eigenvalue weighted by molar-refractivity contribution is -0.116. The number of carbonyl (C=O) groups is 1. The molecule has 2 aromatic rings. The monoisotopic (exact) mass is 273 g/mol. The maximum absolute atomic E-state index is 11.8. The number of H-pyrrole nitrogens is 1. The average molecular weight is 273 g/mol. The number of nitrogens with one attached hydrogen (secondary N) is 2. The summed E-state index contributed by atoms with van der Waals surface area (Å²) in [5, 5.41) is 2.69. The predicted octanol–water partition coefficient (Wildman–Crippen LogP) is 0.873. The van der Waals surface area contributed by atoms with Crippen molar-refractivity contribution in [2.75, 3.05) is 5.32 Å². The SMILES string of the molecule is O=C(CCn1cnccc1=O)Nc1ncc(C2CC2)[nH]1. The number of rotatable bonds is 5. The molecule has 1 aliphatic carbocycles.